The molecule has 0 radical (unpaired) electrons. The second-order valence-electron chi connectivity index (χ2n) is 15.3. The van der Waals surface area contributed by atoms with Crippen LogP contribution in [0.2, 0.25) is 0 Å². The molecule has 12 rings (SSSR count). The second-order valence-corrected chi connectivity index (χ2v) is 15.3. The van der Waals surface area contributed by atoms with Gasteiger partial charge < -0.3 is 5.32 Å². The third-order valence-electron chi connectivity index (χ3n) is 12.3. The largest absolute Gasteiger partial charge is 0.324 e. The molecule has 57 heavy (non-hydrogen) atoms. The summed E-state index contributed by atoms with van der Waals surface area (Å²) in [4.78, 5) is 10.4. The van der Waals surface area contributed by atoms with Crippen LogP contribution in [-0.2, 0) is 5.41 Å². The van der Waals surface area contributed by atoms with Gasteiger partial charge in [-0.2, -0.15) is 0 Å². The van der Waals surface area contributed by atoms with Crippen LogP contribution in [0, 0.1) is 0 Å². The molecule has 1 aliphatic heterocycles. The zero-order chi connectivity index (χ0) is 37.5. The maximum absolute atomic E-state index is 5.29. The average molecular weight is 726 g/mol. The second kappa shape index (κ2) is 12.3. The summed E-state index contributed by atoms with van der Waals surface area (Å²) in [5.41, 5.74) is 15.5. The predicted octanol–water partition coefficient (Wildman–Crippen LogP) is 12.5. The number of aliphatic imine (C=N–C) groups is 2. The normalized spacial score (nSPS) is 15.7. The van der Waals surface area contributed by atoms with E-state index < -0.39 is 11.6 Å². The fourth-order valence-electron chi connectivity index (χ4n) is 9.88. The molecule has 0 saturated carbocycles. The van der Waals surface area contributed by atoms with Crippen LogP contribution in [0.1, 0.15) is 45.1 Å². The molecule has 0 aromatic heterocycles. The number of hydrogen-bond acceptors (Lipinski definition) is 3. The predicted molar refractivity (Wildman–Crippen MR) is 235 cm³/mol. The Morgan fingerprint density at radius 2 is 0.877 bits per heavy atom. The van der Waals surface area contributed by atoms with Crippen LogP contribution in [-0.4, -0.2) is 11.7 Å². The zero-order valence-corrected chi connectivity index (χ0v) is 31.0. The van der Waals surface area contributed by atoms with E-state index in [1.54, 1.807) is 0 Å². The molecule has 0 bridgehead atoms. The van der Waals surface area contributed by atoms with Gasteiger partial charge in [-0.3, -0.25) is 0 Å². The fraction of sp³-hybridized carbons (Fsp3) is 0.0370. The molecule has 1 heterocycles. The first-order valence-corrected chi connectivity index (χ1v) is 19.7. The quantitative estimate of drug-likeness (QED) is 0.176. The van der Waals surface area contributed by atoms with Crippen molar-refractivity contribution in [3.8, 4) is 33.4 Å². The van der Waals surface area contributed by atoms with Crippen molar-refractivity contribution in [3.05, 3.63) is 239 Å². The number of nitrogens with one attached hydrogen (secondary N) is 1. The van der Waals surface area contributed by atoms with Gasteiger partial charge in [0.1, 0.15) is 11.7 Å². The van der Waals surface area contributed by atoms with E-state index in [-0.39, 0.29) is 0 Å². The number of nitrogens with zero attached hydrogens (tertiary/aromatic N) is 2. The molecular weight excluding hydrogens is 691 g/mol. The summed E-state index contributed by atoms with van der Waals surface area (Å²) in [5, 5.41) is 8.99. The van der Waals surface area contributed by atoms with Crippen molar-refractivity contribution in [2.24, 2.45) is 9.98 Å². The molecular formula is C54H35N3. The summed E-state index contributed by atoms with van der Waals surface area (Å²) < 4.78 is 0. The molecule has 1 atom stereocenters. The highest BCUT2D eigenvalue weighted by Crippen LogP contribution is 2.63. The van der Waals surface area contributed by atoms with Crippen LogP contribution in [0.25, 0.3) is 54.9 Å². The molecule has 3 heteroatoms. The Morgan fingerprint density at radius 1 is 0.368 bits per heavy atom. The number of hydrogen-bond donors (Lipinski definition) is 1. The van der Waals surface area contributed by atoms with Crippen LogP contribution in [0.15, 0.2) is 210 Å². The standard InChI is InChI=1S/C54H35N3/c1-3-13-34(14-4-1)35-27-31-39(32-28-35)52-55-51(38-15-5-2-6-16-38)56-53(57-52)41-20-9-19-40(33-41)42-22-12-26-47-50(42)43-21-7-8-23-44(43)54(47)45-24-10-17-36-29-30-37-18-11-25-46(54)49(37)48(36)45/h1-33,52H,(H,55,56,57). The molecule has 1 spiro atoms. The first kappa shape index (κ1) is 31.9. The van der Waals surface area contributed by atoms with Gasteiger partial charge in [0.05, 0.1) is 5.41 Å². The lowest BCUT2D eigenvalue weighted by Gasteiger charge is -2.31. The van der Waals surface area contributed by atoms with Gasteiger partial charge in [-0.15, -0.1) is 0 Å². The van der Waals surface area contributed by atoms with Gasteiger partial charge in [0.25, 0.3) is 0 Å². The molecule has 0 fully saturated rings. The topological polar surface area (TPSA) is 36.8 Å². The van der Waals surface area contributed by atoms with Gasteiger partial charge in [-0.05, 0) is 88.8 Å². The lowest BCUT2D eigenvalue weighted by Crippen LogP contribution is -2.36. The number of rotatable bonds is 5. The van der Waals surface area contributed by atoms with Gasteiger partial charge in [-0.25, -0.2) is 9.98 Å². The summed E-state index contributed by atoms with van der Waals surface area (Å²) >= 11 is 0. The van der Waals surface area contributed by atoms with Crippen molar-refractivity contribution in [1.82, 2.24) is 5.32 Å². The molecule has 0 amide bonds. The Kier molecular flexibility index (Phi) is 6.91. The summed E-state index contributed by atoms with van der Waals surface area (Å²) in [6.07, 6.45) is -0.396. The molecule has 0 saturated heterocycles. The summed E-state index contributed by atoms with van der Waals surface area (Å²) in [7, 11) is 0. The monoisotopic (exact) mass is 725 g/mol. The van der Waals surface area contributed by atoms with Crippen molar-refractivity contribution in [1.29, 1.82) is 0 Å². The maximum Gasteiger partial charge on any atom is 0.169 e. The van der Waals surface area contributed by atoms with Crippen LogP contribution in [0.3, 0.4) is 0 Å². The molecule has 3 nitrogen and oxygen atoms in total. The number of amidine groups is 2. The lowest BCUT2D eigenvalue weighted by atomic mass is 9.70. The highest BCUT2D eigenvalue weighted by molar-refractivity contribution is 6.18. The van der Waals surface area contributed by atoms with Gasteiger partial charge in [-0.1, -0.05) is 194 Å². The summed E-state index contributed by atoms with van der Waals surface area (Å²) in [6.45, 7) is 0. The molecule has 9 aromatic carbocycles. The third-order valence-corrected chi connectivity index (χ3v) is 12.3. The Labute approximate surface area is 331 Å². The molecule has 1 N–H and O–H groups in total. The van der Waals surface area contributed by atoms with E-state index in [2.05, 4.69) is 193 Å². The Balaban J connectivity index is 1.00. The first-order valence-electron chi connectivity index (χ1n) is 19.7. The van der Waals surface area contributed by atoms with E-state index in [0.717, 1.165) is 33.9 Å². The molecule has 9 aromatic rings. The van der Waals surface area contributed by atoms with Crippen LogP contribution in [0.5, 0.6) is 0 Å². The minimum atomic E-state index is -0.401. The average Bonchev–Trinajstić information content (AvgIpc) is 3.77. The van der Waals surface area contributed by atoms with Crippen molar-refractivity contribution in [2.75, 3.05) is 0 Å². The van der Waals surface area contributed by atoms with Crippen LogP contribution >= 0.6 is 0 Å². The smallest absolute Gasteiger partial charge is 0.169 e. The van der Waals surface area contributed by atoms with Gasteiger partial charge in [0, 0.05) is 11.1 Å². The van der Waals surface area contributed by atoms with E-state index in [1.165, 1.54) is 71.6 Å². The Morgan fingerprint density at radius 3 is 1.60 bits per heavy atom. The molecule has 2 aliphatic carbocycles. The third kappa shape index (κ3) is 4.66. The molecule has 1 unspecified atom stereocenters. The highest BCUT2D eigenvalue weighted by Gasteiger charge is 2.51. The van der Waals surface area contributed by atoms with Crippen LogP contribution in [0.4, 0.5) is 0 Å². The summed E-state index contributed by atoms with van der Waals surface area (Å²) in [5.74, 6) is 1.61. The SMILES string of the molecule is c1ccc(C2=NC(c3ccc(-c4ccccc4)cc3)N=C(c3cccc(-c4cccc5c4-c4ccccc4C54c5cccc6ccc7cccc4c7c56)c3)N2)cc1. The Bertz CT molecular complexity index is 3080. The highest BCUT2D eigenvalue weighted by atomic mass is 15.2. The van der Waals surface area contributed by atoms with Gasteiger partial charge in [0.15, 0.2) is 6.17 Å². The van der Waals surface area contributed by atoms with E-state index in [1.807, 2.05) is 12.1 Å². The van der Waals surface area contributed by atoms with E-state index in [4.69, 9.17) is 9.98 Å². The van der Waals surface area contributed by atoms with Crippen molar-refractivity contribution in [3.63, 3.8) is 0 Å². The molecule has 266 valence electrons. The Hall–Kier alpha value is -7.36. The van der Waals surface area contributed by atoms with Crippen LogP contribution < -0.4 is 5.32 Å². The fourth-order valence-corrected chi connectivity index (χ4v) is 9.88. The van der Waals surface area contributed by atoms with E-state index >= 15 is 0 Å². The summed E-state index contributed by atoms with van der Waals surface area (Å²) in [6, 6.07) is 72.6. The minimum absolute atomic E-state index is 0.396. The number of fused-ring (bicyclic) bond motifs is 7. The van der Waals surface area contributed by atoms with Crippen molar-refractivity contribution < 1.29 is 0 Å². The van der Waals surface area contributed by atoms with E-state index in [0.29, 0.717) is 0 Å². The van der Waals surface area contributed by atoms with Gasteiger partial charge >= 0.3 is 0 Å². The zero-order valence-electron chi connectivity index (χ0n) is 31.0. The first-order chi connectivity index (χ1) is 28.3. The van der Waals surface area contributed by atoms with Gasteiger partial charge in [0.2, 0.25) is 0 Å². The van der Waals surface area contributed by atoms with Crippen molar-refractivity contribution in [2.45, 2.75) is 11.6 Å². The number of benzene rings is 9. The van der Waals surface area contributed by atoms with E-state index in [9.17, 15) is 0 Å². The minimum Gasteiger partial charge on any atom is -0.324 e. The maximum atomic E-state index is 5.29. The van der Waals surface area contributed by atoms with Crippen molar-refractivity contribution >= 4 is 33.2 Å². The molecule has 3 aliphatic rings. The lowest BCUT2D eigenvalue weighted by molar-refractivity contribution is 0.756.